The van der Waals surface area contributed by atoms with Gasteiger partial charge in [-0.2, -0.15) is 0 Å². The third kappa shape index (κ3) is 5.65. The van der Waals surface area contributed by atoms with Crippen molar-refractivity contribution in [2.24, 2.45) is 0 Å². The summed E-state index contributed by atoms with van der Waals surface area (Å²) in [5.41, 5.74) is 2.45. The fourth-order valence-corrected chi connectivity index (χ4v) is 2.38. The average Bonchev–Trinajstić information content (AvgIpc) is 2.48. The Morgan fingerprint density at radius 3 is 2.71 bits per heavy atom. The van der Waals surface area contributed by atoms with Crippen LogP contribution in [0.3, 0.4) is 0 Å². The Morgan fingerprint density at radius 2 is 2.14 bits per heavy atom. The van der Waals surface area contributed by atoms with E-state index in [2.05, 4.69) is 41.8 Å². The van der Waals surface area contributed by atoms with E-state index in [0.717, 1.165) is 25.1 Å². The number of carbonyl (C=O) groups excluding carboxylic acids is 1. The van der Waals surface area contributed by atoms with Gasteiger partial charge >= 0.3 is 0 Å². The smallest absolute Gasteiger partial charge is 0.223 e. The molecule has 2 N–H and O–H groups in total. The third-order valence-corrected chi connectivity index (χ3v) is 3.68. The molecule has 5 heteroatoms. The lowest BCUT2D eigenvalue weighted by Gasteiger charge is -2.24. The Kier molecular flexibility index (Phi) is 7.72. The third-order valence-electron chi connectivity index (χ3n) is 3.68. The molecular weight excluding hydrogens is 288 g/mol. The zero-order chi connectivity index (χ0) is 14.4. The minimum absolute atomic E-state index is 0. The van der Waals surface area contributed by atoms with E-state index in [-0.39, 0.29) is 30.5 Å². The molecular formula is C16H25ClN2O2. The van der Waals surface area contributed by atoms with E-state index in [0.29, 0.717) is 13.0 Å². The van der Waals surface area contributed by atoms with Crippen molar-refractivity contribution in [2.45, 2.75) is 38.8 Å². The molecule has 21 heavy (non-hydrogen) atoms. The van der Waals surface area contributed by atoms with E-state index in [1.54, 1.807) is 0 Å². The number of carbonyl (C=O) groups is 1. The number of hydrogen-bond donors (Lipinski definition) is 2. The van der Waals surface area contributed by atoms with Gasteiger partial charge in [0.1, 0.15) is 0 Å². The summed E-state index contributed by atoms with van der Waals surface area (Å²) < 4.78 is 5.54. The number of aryl methyl sites for hydroxylation is 1. The molecule has 0 saturated carbocycles. The summed E-state index contributed by atoms with van der Waals surface area (Å²) >= 11 is 0. The second kappa shape index (κ2) is 9.03. The van der Waals surface area contributed by atoms with Gasteiger partial charge in [-0.1, -0.05) is 31.2 Å². The molecule has 1 aromatic rings. The SMILES string of the molecule is CCc1ccc(C(C)NC(=O)CC2CNCCO2)cc1.Cl. The van der Waals surface area contributed by atoms with E-state index in [1.165, 1.54) is 5.56 Å². The van der Waals surface area contributed by atoms with Crippen molar-refractivity contribution in [3.63, 3.8) is 0 Å². The Bertz CT molecular complexity index is 430. The van der Waals surface area contributed by atoms with Crippen molar-refractivity contribution in [3.8, 4) is 0 Å². The zero-order valence-corrected chi connectivity index (χ0v) is 13.5. The molecule has 1 amide bonds. The van der Waals surface area contributed by atoms with E-state index >= 15 is 0 Å². The molecule has 1 heterocycles. The minimum Gasteiger partial charge on any atom is -0.375 e. The molecule has 0 bridgehead atoms. The van der Waals surface area contributed by atoms with Crippen molar-refractivity contribution in [2.75, 3.05) is 19.7 Å². The van der Waals surface area contributed by atoms with Crippen LogP contribution in [0.2, 0.25) is 0 Å². The van der Waals surface area contributed by atoms with E-state index in [1.807, 2.05) is 6.92 Å². The number of nitrogens with one attached hydrogen (secondary N) is 2. The Morgan fingerprint density at radius 1 is 1.43 bits per heavy atom. The second-order valence-electron chi connectivity index (χ2n) is 5.29. The van der Waals surface area contributed by atoms with E-state index in [4.69, 9.17) is 4.74 Å². The maximum atomic E-state index is 12.0. The molecule has 0 radical (unpaired) electrons. The van der Waals surface area contributed by atoms with Crippen LogP contribution in [-0.2, 0) is 16.0 Å². The number of ether oxygens (including phenoxy) is 1. The molecule has 1 aliphatic rings. The van der Waals surface area contributed by atoms with Crippen LogP contribution in [0.5, 0.6) is 0 Å². The number of halogens is 1. The molecule has 2 rings (SSSR count). The zero-order valence-electron chi connectivity index (χ0n) is 12.7. The lowest BCUT2D eigenvalue weighted by molar-refractivity contribution is -0.125. The summed E-state index contributed by atoms with van der Waals surface area (Å²) in [4.78, 5) is 12.0. The number of benzene rings is 1. The first-order valence-corrected chi connectivity index (χ1v) is 7.39. The molecule has 1 aromatic carbocycles. The van der Waals surface area contributed by atoms with Gasteiger partial charge in [0, 0.05) is 13.1 Å². The average molecular weight is 313 g/mol. The van der Waals surface area contributed by atoms with Crippen LogP contribution in [0.4, 0.5) is 0 Å². The quantitative estimate of drug-likeness (QED) is 0.876. The first kappa shape index (κ1) is 18.0. The highest BCUT2D eigenvalue weighted by Gasteiger charge is 2.18. The molecule has 1 fully saturated rings. The Labute approximate surface area is 133 Å². The van der Waals surface area contributed by atoms with Crippen LogP contribution < -0.4 is 10.6 Å². The van der Waals surface area contributed by atoms with Gasteiger partial charge in [-0.05, 0) is 24.5 Å². The lowest BCUT2D eigenvalue weighted by Crippen LogP contribution is -2.41. The number of morpholine rings is 1. The molecule has 0 aromatic heterocycles. The van der Waals surface area contributed by atoms with Gasteiger partial charge in [0.15, 0.2) is 0 Å². The van der Waals surface area contributed by atoms with Crippen LogP contribution in [0.1, 0.15) is 37.4 Å². The molecule has 118 valence electrons. The topological polar surface area (TPSA) is 50.4 Å². The van der Waals surface area contributed by atoms with Crippen molar-refractivity contribution < 1.29 is 9.53 Å². The number of rotatable bonds is 5. The van der Waals surface area contributed by atoms with Crippen LogP contribution in [0, 0.1) is 0 Å². The van der Waals surface area contributed by atoms with Crippen molar-refractivity contribution in [1.29, 1.82) is 0 Å². The fourth-order valence-electron chi connectivity index (χ4n) is 2.38. The van der Waals surface area contributed by atoms with Gasteiger partial charge in [0.05, 0.1) is 25.2 Å². The summed E-state index contributed by atoms with van der Waals surface area (Å²) in [6.45, 7) is 6.47. The van der Waals surface area contributed by atoms with Gasteiger partial charge < -0.3 is 15.4 Å². The van der Waals surface area contributed by atoms with Crippen LogP contribution in [0.25, 0.3) is 0 Å². The Hall–Kier alpha value is -1.10. The van der Waals surface area contributed by atoms with Gasteiger partial charge in [0.25, 0.3) is 0 Å². The van der Waals surface area contributed by atoms with Crippen LogP contribution in [-0.4, -0.2) is 31.7 Å². The molecule has 4 nitrogen and oxygen atoms in total. The maximum Gasteiger partial charge on any atom is 0.223 e. The molecule has 1 saturated heterocycles. The van der Waals surface area contributed by atoms with Gasteiger partial charge in [0.2, 0.25) is 5.91 Å². The molecule has 0 spiro atoms. The van der Waals surface area contributed by atoms with Crippen LogP contribution >= 0.6 is 12.4 Å². The van der Waals surface area contributed by atoms with E-state index < -0.39 is 0 Å². The van der Waals surface area contributed by atoms with Crippen molar-refractivity contribution in [3.05, 3.63) is 35.4 Å². The predicted octanol–water partition coefficient (Wildman–Crippen LogP) is 2.23. The standard InChI is InChI=1S/C16H24N2O2.ClH/c1-3-13-4-6-14(7-5-13)12(2)18-16(19)10-15-11-17-8-9-20-15;/h4-7,12,15,17H,3,8-11H2,1-2H3,(H,18,19);1H. The van der Waals surface area contributed by atoms with Crippen molar-refractivity contribution >= 4 is 18.3 Å². The van der Waals surface area contributed by atoms with E-state index in [9.17, 15) is 4.79 Å². The summed E-state index contributed by atoms with van der Waals surface area (Å²) in [6, 6.07) is 8.44. The minimum atomic E-state index is -0.00147. The molecule has 1 aliphatic heterocycles. The number of hydrogen-bond acceptors (Lipinski definition) is 3. The van der Waals surface area contributed by atoms with Crippen LogP contribution in [0.15, 0.2) is 24.3 Å². The Balaban J connectivity index is 0.00000220. The molecule has 0 aliphatic carbocycles. The highest BCUT2D eigenvalue weighted by molar-refractivity contribution is 5.85. The molecule has 2 atom stereocenters. The second-order valence-corrected chi connectivity index (χ2v) is 5.29. The van der Waals surface area contributed by atoms with Gasteiger partial charge in [-0.25, -0.2) is 0 Å². The maximum absolute atomic E-state index is 12.0. The normalized spacial score (nSPS) is 19.4. The monoisotopic (exact) mass is 312 g/mol. The first-order chi connectivity index (χ1) is 9.69. The fraction of sp³-hybridized carbons (Fsp3) is 0.562. The highest BCUT2D eigenvalue weighted by atomic mass is 35.5. The summed E-state index contributed by atoms with van der Waals surface area (Å²) in [5, 5.41) is 6.27. The van der Waals surface area contributed by atoms with Crippen molar-refractivity contribution in [1.82, 2.24) is 10.6 Å². The summed E-state index contributed by atoms with van der Waals surface area (Å²) in [6.07, 6.45) is 1.45. The van der Waals surface area contributed by atoms with Gasteiger partial charge in [-0.3, -0.25) is 4.79 Å². The molecule has 2 unspecified atom stereocenters. The predicted molar refractivity (Wildman–Crippen MR) is 86.9 cm³/mol. The summed E-state index contributed by atoms with van der Waals surface area (Å²) in [5.74, 6) is 0.0470. The lowest BCUT2D eigenvalue weighted by atomic mass is 10.0. The summed E-state index contributed by atoms with van der Waals surface area (Å²) in [7, 11) is 0. The highest BCUT2D eigenvalue weighted by Crippen LogP contribution is 2.14. The first-order valence-electron chi connectivity index (χ1n) is 7.39. The van der Waals surface area contributed by atoms with Gasteiger partial charge in [-0.15, -0.1) is 12.4 Å². The largest absolute Gasteiger partial charge is 0.375 e. The number of amides is 1.